The number of aromatic amines is 1. The number of benzene rings is 1. The zero-order valence-electron chi connectivity index (χ0n) is 16.8. The minimum absolute atomic E-state index is 0.0825. The van der Waals surface area contributed by atoms with Crippen LogP contribution in [0, 0.1) is 5.82 Å². The summed E-state index contributed by atoms with van der Waals surface area (Å²) in [6.45, 7) is 3.23. The summed E-state index contributed by atoms with van der Waals surface area (Å²) < 4.78 is 24.2. The Hall–Kier alpha value is -3.14. The molecular weight excluding hydrogens is 423 g/mol. The number of hydrogen-bond donors (Lipinski definition) is 1. The number of halogens is 1. The molecule has 4 rings (SSSR count). The number of rotatable bonds is 8. The van der Waals surface area contributed by atoms with Crippen LogP contribution in [0.15, 0.2) is 46.2 Å². The number of likely N-dealkylation sites (tertiary alicyclic amines) is 1. The van der Waals surface area contributed by atoms with Gasteiger partial charge in [-0.2, -0.15) is 0 Å². The molecule has 1 N–H and O–H groups in total. The molecule has 8 nitrogen and oxygen atoms in total. The van der Waals surface area contributed by atoms with E-state index in [0.29, 0.717) is 17.0 Å². The summed E-state index contributed by atoms with van der Waals surface area (Å²) >= 11 is 1.11. The summed E-state index contributed by atoms with van der Waals surface area (Å²) in [6, 6.07) is 7.20. The smallest absolute Gasteiger partial charge is 0.277 e. The lowest BCUT2D eigenvalue weighted by Crippen LogP contribution is -2.27. The minimum atomic E-state index is -0.535. The number of thioether (sulfide) groups is 1. The molecule has 3 aromatic rings. The normalized spacial score (nSPS) is 14.6. The maximum Gasteiger partial charge on any atom is 0.277 e. The van der Waals surface area contributed by atoms with Gasteiger partial charge in [-0.25, -0.2) is 4.39 Å². The van der Waals surface area contributed by atoms with Crippen LogP contribution in [0.4, 0.5) is 4.39 Å². The Morgan fingerprint density at radius 1 is 1.26 bits per heavy atom. The van der Waals surface area contributed by atoms with Gasteiger partial charge in [-0.1, -0.05) is 11.8 Å². The van der Waals surface area contributed by atoms with Gasteiger partial charge in [-0.15, -0.1) is 10.2 Å². The third-order valence-electron chi connectivity index (χ3n) is 4.85. The molecule has 0 saturated carbocycles. The number of nitrogens with one attached hydrogen (secondary N) is 1. The van der Waals surface area contributed by atoms with E-state index in [2.05, 4.69) is 15.2 Å². The van der Waals surface area contributed by atoms with E-state index in [1.165, 1.54) is 24.3 Å². The maximum atomic E-state index is 13.0. The number of aromatic nitrogens is 3. The fourth-order valence-corrected chi connectivity index (χ4v) is 3.85. The van der Waals surface area contributed by atoms with Gasteiger partial charge in [0.15, 0.2) is 11.9 Å². The molecule has 10 heteroatoms. The summed E-state index contributed by atoms with van der Waals surface area (Å²) in [5.74, 6) is 0.223. The van der Waals surface area contributed by atoms with Crippen molar-refractivity contribution in [2.24, 2.45) is 0 Å². The first kappa shape index (κ1) is 21.1. The first-order chi connectivity index (χ1) is 15.0. The molecule has 1 fully saturated rings. The Kier molecular flexibility index (Phi) is 6.36. The molecule has 2 aromatic heterocycles. The number of ketones is 1. The number of carbonyl (C=O) groups is 2. The molecule has 0 spiro atoms. The largest absolute Gasteiger partial charge is 0.481 e. The summed E-state index contributed by atoms with van der Waals surface area (Å²) in [7, 11) is 0. The minimum Gasteiger partial charge on any atom is -0.481 e. The second-order valence-electron chi connectivity index (χ2n) is 7.13. The molecule has 3 heterocycles. The van der Waals surface area contributed by atoms with Crippen LogP contribution in [0.5, 0.6) is 5.75 Å². The number of amides is 1. The Balaban J connectivity index is 1.30. The van der Waals surface area contributed by atoms with E-state index in [-0.39, 0.29) is 34.4 Å². The van der Waals surface area contributed by atoms with Crippen molar-refractivity contribution in [2.45, 2.75) is 31.1 Å². The highest BCUT2D eigenvalue weighted by molar-refractivity contribution is 7.99. The summed E-state index contributed by atoms with van der Waals surface area (Å²) in [5, 5.41) is 8.12. The van der Waals surface area contributed by atoms with Crippen LogP contribution in [-0.2, 0) is 0 Å². The molecule has 1 aliphatic rings. The van der Waals surface area contributed by atoms with Crippen molar-refractivity contribution < 1.29 is 23.1 Å². The number of Topliss-reactive ketones (excluding diaryl/α,β-unsaturated/α-hetero) is 1. The second-order valence-corrected chi connectivity index (χ2v) is 8.06. The fourth-order valence-electron chi connectivity index (χ4n) is 3.19. The molecule has 31 heavy (non-hydrogen) atoms. The van der Waals surface area contributed by atoms with Gasteiger partial charge in [-0.05, 0) is 50.1 Å². The van der Waals surface area contributed by atoms with Crippen LogP contribution >= 0.6 is 11.8 Å². The third-order valence-corrected chi connectivity index (χ3v) is 5.67. The Labute approximate surface area is 182 Å². The fraction of sp³-hybridized carbons (Fsp3) is 0.333. The highest BCUT2D eigenvalue weighted by atomic mass is 32.2. The van der Waals surface area contributed by atoms with E-state index in [1.807, 2.05) is 0 Å². The van der Waals surface area contributed by atoms with Crippen molar-refractivity contribution in [3.8, 4) is 5.75 Å². The highest BCUT2D eigenvalue weighted by Gasteiger charge is 2.22. The molecule has 1 aromatic carbocycles. The van der Waals surface area contributed by atoms with Gasteiger partial charge < -0.3 is 19.0 Å². The van der Waals surface area contributed by atoms with E-state index in [9.17, 15) is 14.0 Å². The third kappa shape index (κ3) is 5.13. The Bertz CT molecular complexity index is 1060. The maximum absolute atomic E-state index is 13.0. The first-order valence-corrected chi connectivity index (χ1v) is 10.9. The first-order valence-electron chi connectivity index (χ1n) is 9.89. The van der Waals surface area contributed by atoms with Crippen LogP contribution in [0.3, 0.4) is 0 Å². The molecule has 1 atom stereocenters. The van der Waals surface area contributed by atoms with Crippen LogP contribution in [0.25, 0.3) is 0 Å². The van der Waals surface area contributed by atoms with E-state index in [0.717, 1.165) is 37.7 Å². The standard InChI is InChI=1S/C21H21FN4O4S/c1-13(29-16-6-4-15(22)5-7-16)19-24-25-21(30-19)31-12-18(27)14-10-17(23-11-14)20(28)26-8-2-3-9-26/h4-7,10-11,13,23H,2-3,8-9,12H2,1H3. The summed E-state index contributed by atoms with van der Waals surface area (Å²) in [6.07, 6.45) is 3.03. The van der Waals surface area contributed by atoms with Gasteiger partial charge in [-0.3, -0.25) is 9.59 Å². The van der Waals surface area contributed by atoms with E-state index >= 15 is 0 Å². The lowest BCUT2D eigenvalue weighted by atomic mass is 10.2. The van der Waals surface area contributed by atoms with Crippen LogP contribution < -0.4 is 4.74 Å². The number of ether oxygens (including phenoxy) is 1. The van der Waals surface area contributed by atoms with E-state index in [4.69, 9.17) is 9.15 Å². The zero-order valence-corrected chi connectivity index (χ0v) is 17.7. The van der Waals surface area contributed by atoms with Gasteiger partial charge in [0.1, 0.15) is 17.3 Å². The molecule has 0 radical (unpaired) electrons. The second kappa shape index (κ2) is 9.34. The van der Waals surface area contributed by atoms with Gasteiger partial charge >= 0.3 is 0 Å². The van der Waals surface area contributed by atoms with Gasteiger partial charge in [0.2, 0.25) is 0 Å². The van der Waals surface area contributed by atoms with E-state index in [1.54, 1.807) is 24.1 Å². The Morgan fingerprint density at radius 3 is 2.74 bits per heavy atom. The lowest BCUT2D eigenvalue weighted by molar-refractivity contribution is 0.0787. The number of hydrogen-bond acceptors (Lipinski definition) is 7. The van der Waals surface area contributed by atoms with Gasteiger partial charge in [0, 0.05) is 24.8 Å². The molecule has 162 valence electrons. The molecule has 1 saturated heterocycles. The quantitative estimate of drug-likeness (QED) is 0.415. The number of H-pyrrole nitrogens is 1. The van der Waals surface area contributed by atoms with Crippen LogP contribution in [0.1, 0.15) is 52.6 Å². The predicted octanol–water partition coefficient (Wildman–Crippen LogP) is 3.89. The molecule has 1 unspecified atom stereocenters. The molecule has 1 aliphatic heterocycles. The topological polar surface area (TPSA) is 101 Å². The van der Waals surface area contributed by atoms with Crippen molar-refractivity contribution in [3.63, 3.8) is 0 Å². The van der Waals surface area contributed by atoms with Crippen LogP contribution in [-0.4, -0.2) is 50.6 Å². The van der Waals surface area contributed by atoms with Crippen LogP contribution in [0.2, 0.25) is 0 Å². The van der Waals surface area contributed by atoms with Crippen molar-refractivity contribution >= 4 is 23.5 Å². The molecule has 0 bridgehead atoms. The lowest BCUT2D eigenvalue weighted by Gasteiger charge is -2.13. The van der Waals surface area contributed by atoms with Crippen molar-refractivity contribution in [1.82, 2.24) is 20.1 Å². The number of carbonyl (C=O) groups excluding carboxylic acids is 2. The van der Waals surface area contributed by atoms with Gasteiger partial charge in [0.05, 0.1) is 5.75 Å². The van der Waals surface area contributed by atoms with Crippen molar-refractivity contribution in [2.75, 3.05) is 18.8 Å². The average Bonchev–Trinajstić information content (AvgIpc) is 3.55. The predicted molar refractivity (Wildman–Crippen MR) is 111 cm³/mol. The molecule has 0 aliphatic carbocycles. The monoisotopic (exact) mass is 444 g/mol. The SMILES string of the molecule is CC(Oc1ccc(F)cc1)c1nnc(SCC(=O)c2c[nH]c(C(=O)N3CCCC3)c2)o1. The number of nitrogens with zero attached hydrogens (tertiary/aromatic N) is 3. The van der Waals surface area contributed by atoms with Crippen molar-refractivity contribution in [3.05, 3.63) is 59.5 Å². The highest BCUT2D eigenvalue weighted by Crippen LogP contribution is 2.25. The van der Waals surface area contributed by atoms with E-state index < -0.39 is 6.10 Å². The molecule has 1 amide bonds. The summed E-state index contributed by atoms with van der Waals surface area (Å²) in [4.78, 5) is 29.5. The Morgan fingerprint density at radius 2 is 2.00 bits per heavy atom. The zero-order chi connectivity index (χ0) is 21.8. The summed E-state index contributed by atoms with van der Waals surface area (Å²) in [5.41, 5.74) is 0.852. The molecular formula is C21H21FN4O4S. The average molecular weight is 444 g/mol. The van der Waals surface area contributed by atoms with Crippen molar-refractivity contribution in [1.29, 1.82) is 0 Å². The van der Waals surface area contributed by atoms with Gasteiger partial charge in [0.25, 0.3) is 17.0 Å².